The Bertz CT molecular complexity index is 939. The second-order valence-corrected chi connectivity index (χ2v) is 6.16. The number of aromatic nitrogens is 1. The molecule has 0 atom stereocenters. The monoisotopic (exact) mass is 385 g/mol. The Labute approximate surface area is 163 Å². The number of ether oxygens (including phenoxy) is 3. The van der Waals surface area contributed by atoms with Crippen molar-refractivity contribution in [1.82, 2.24) is 4.98 Å². The lowest BCUT2D eigenvalue weighted by molar-refractivity contribution is -0.134. The van der Waals surface area contributed by atoms with E-state index in [2.05, 4.69) is 9.72 Å². The molecule has 1 N–H and O–H groups in total. The van der Waals surface area contributed by atoms with Crippen LogP contribution in [0.15, 0.2) is 24.3 Å². The zero-order valence-electron chi connectivity index (χ0n) is 16.5. The normalized spacial score (nSPS) is 10.8. The van der Waals surface area contributed by atoms with Crippen molar-refractivity contribution in [1.29, 1.82) is 0 Å². The number of aryl methyl sites for hydroxylation is 1. The van der Waals surface area contributed by atoms with Gasteiger partial charge in [-0.05, 0) is 50.1 Å². The molecule has 0 aliphatic carbocycles. The van der Waals surface area contributed by atoms with Crippen molar-refractivity contribution >= 4 is 23.6 Å². The third kappa shape index (κ3) is 4.68. The lowest BCUT2D eigenvalue weighted by Gasteiger charge is -2.11. The highest BCUT2D eigenvalue weighted by atomic mass is 16.5. The first-order valence-corrected chi connectivity index (χ1v) is 8.58. The van der Waals surface area contributed by atoms with Gasteiger partial charge in [-0.2, -0.15) is 0 Å². The standard InChI is InChI=1S/C21H23NO6/c1-12-20(14(3)23)13(2)22-21(12)16(24)11-28-17-8-6-15(10-18(17)26-4)7-9-19(25)27-5/h6-10,22H,11H2,1-5H3/b9-7+. The van der Waals surface area contributed by atoms with Crippen LogP contribution in [-0.4, -0.2) is 43.3 Å². The fourth-order valence-corrected chi connectivity index (χ4v) is 2.91. The molecule has 0 radical (unpaired) electrons. The SMILES string of the molecule is COC(=O)/C=C/c1ccc(OCC(=O)c2[nH]c(C)c(C(C)=O)c2C)c(OC)c1. The molecule has 1 heterocycles. The van der Waals surface area contributed by atoms with E-state index in [-0.39, 0.29) is 18.2 Å². The fraction of sp³-hybridized carbons (Fsp3) is 0.286. The van der Waals surface area contributed by atoms with Crippen molar-refractivity contribution in [3.8, 4) is 11.5 Å². The maximum Gasteiger partial charge on any atom is 0.330 e. The van der Waals surface area contributed by atoms with Gasteiger partial charge in [-0.25, -0.2) is 4.79 Å². The van der Waals surface area contributed by atoms with Crippen molar-refractivity contribution in [2.24, 2.45) is 0 Å². The smallest absolute Gasteiger partial charge is 0.330 e. The molecule has 0 bridgehead atoms. The fourth-order valence-electron chi connectivity index (χ4n) is 2.91. The van der Waals surface area contributed by atoms with Crippen LogP contribution < -0.4 is 9.47 Å². The molecule has 0 fully saturated rings. The summed E-state index contributed by atoms with van der Waals surface area (Å²) in [6.45, 7) is 4.74. The molecule has 2 rings (SSSR count). The van der Waals surface area contributed by atoms with Gasteiger partial charge < -0.3 is 19.2 Å². The van der Waals surface area contributed by atoms with Gasteiger partial charge in [-0.1, -0.05) is 6.07 Å². The van der Waals surface area contributed by atoms with Crippen LogP contribution in [0.4, 0.5) is 0 Å². The molecule has 0 aliphatic rings. The number of rotatable bonds is 8. The highest BCUT2D eigenvalue weighted by Gasteiger charge is 2.20. The number of Topliss-reactive ketones (excluding diaryl/α,β-unsaturated/α-hetero) is 2. The quantitative estimate of drug-likeness (QED) is 0.426. The number of hydrogen-bond acceptors (Lipinski definition) is 6. The largest absolute Gasteiger partial charge is 0.493 e. The molecule has 2 aromatic rings. The van der Waals surface area contributed by atoms with E-state index in [1.165, 1.54) is 27.2 Å². The van der Waals surface area contributed by atoms with E-state index in [1.54, 1.807) is 38.1 Å². The number of ketones is 2. The first kappa shape index (κ1) is 21.0. The van der Waals surface area contributed by atoms with Crippen molar-refractivity contribution in [3.05, 3.63) is 52.4 Å². The Morgan fingerprint density at radius 1 is 1.11 bits per heavy atom. The van der Waals surface area contributed by atoms with Crippen molar-refractivity contribution in [2.75, 3.05) is 20.8 Å². The third-order valence-corrected chi connectivity index (χ3v) is 4.23. The lowest BCUT2D eigenvalue weighted by Crippen LogP contribution is -2.14. The van der Waals surface area contributed by atoms with Crippen molar-refractivity contribution in [3.63, 3.8) is 0 Å². The Hall–Kier alpha value is -3.35. The summed E-state index contributed by atoms with van der Waals surface area (Å²) < 4.78 is 15.5. The van der Waals surface area contributed by atoms with Gasteiger partial charge >= 0.3 is 5.97 Å². The van der Waals surface area contributed by atoms with Gasteiger partial charge in [0.2, 0.25) is 5.78 Å². The van der Waals surface area contributed by atoms with E-state index < -0.39 is 5.97 Å². The van der Waals surface area contributed by atoms with Crippen LogP contribution >= 0.6 is 0 Å². The number of benzene rings is 1. The Kier molecular flexibility index (Phi) is 6.76. The molecule has 0 amide bonds. The van der Waals surface area contributed by atoms with Crippen LogP contribution in [-0.2, 0) is 9.53 Å². The zero-order valence-corrected chi connectivity index (χ0v) is 16.5. The predicted molar refractivity (Wildman–Crippen MR) is 104 cm³/mol. The summed E-state index contributed by atoms with van der Waals surface area (Å²) in [5, 5.41) is 0. The average molecular weight is 385 g/mol. The first-order valence-electron chi connectivity index (χ1n) is 8.58. The van der Waals surface area contributed by atoms with Crippen LogP contribution in [0, 0.1) is 13.8 Å². The van der Waals surface area contributed by atoms with Crippen LogP contribution in [0.2, 0.25) is 0 Å². The van der Waals surface area contributed by atoms with Gasteiger partial charge in [-0.15, -0.1) is 0 Å². The number of carbonyl (C=O) groups is 3. The number of aromatic amines is 1. The molecule has 0 spiro atoms. The van der Waals surface area contributed by atoms with Crippen LogP contribution in [0.25, 0.3) is 6.08 Å². The maximum absolute atomic E-state index is 12.5. The van der Waals surface area contributed by atoms with Gasteiger partial charge in [0, 0.05) is 17.3 Å². The van der Waals surface area contributed by atoms with E-state index in [9.17, 15) is 14.4 Å². The van der Waals surface area contributed by atoms with Crippen LogP contribution in [0.3, 0.4) is 0 Å². The Morgan fingerprint density at radius 3 is 2.39 bits per heavy atom. The lowest BCUT2D eigenvalue weighted by atomic mass is 10.1. The summed E-state index contributed by atoms with van der Waals surface area (Å²) in [6.07, 6.45) is 2.87. The minimum absolute atomic E-state index is 0.0940. The molecule has 0 saturated heterocycles. The summed E-state index contributed by atoms with van der Waals surface area (Å²) in [4.78, 5) is 38.4. The number of H-pyrrole nitrogens is 1. The molecule has 0 saturated carbocycles. The molecule has 0 unspecified atom stereocenters. The summed E-state index contributed by atoms with van der Waals surface area (Å²) in [5.41, 5.74) is 2.88. The highest BCUT2D eigenvalue weighted by Crippen LogP contribution is 2.29. The van der Waals surface area contributed by atoms with E-state index in [1.807, 2.05) is 0 Å². The molecule has 28 heavy (non-hydrogen) atoms. The summed E-state index contributed by atoms with van der Waals surface area (Å²) in [7, 11) is 2.78. The molecule has 148 valence electrons. The van der Waals surface area contributed by atoms with Crippen LogP contribution in [0.5, 0.6) is 11.5 Å². The van der Waals surface area contributed by atoms with E-state index >= 15 is 0 Å². The minimum Gasteiger partial charge on any atom is -0.493 e. The van der Waals surface area contributed by atoms with Gasteiger partial charge in [-0.3, -0.25) is 9.59 Å². The van der Waals surface area contributed by atoms with Gasteiger partial charge in [0.1, 0.15) is 0 Å². The number of methoxy groups -OCH3 is 2. The van der Waals surface area contributed by atoms with Gasteiger partial charge in [0.25, 0.3) is 0 Å². The Balaban J connectivity index is 2.15. The second kappa shape index (κ2) is 9.03. The molecule has 0 aliphatic heterocycles. The van der Waals surface area contributed by atoms with E-state index in [0.717, 1.165) is 0 Å². The Morgan fingerprint density at radius 2 is 1.82 bits per heavy atom. The van der Waals surface area contributed by atoms with Crippen LogP contribution in [0.1, 0.15) is 44.6 Å². The third-order valence-electron chi connectivity index (χ3n) is 4.23. The van der Waals surface area contributed by atoms with Crippen molar-refractivity contribution < 1.29 is 28.6 Å². The molecule has 7 heteroatoms. The molecular formula is C21H23NO6. The van der Waals surface area contributed by atoms with Crippen molar-refractivity contribution in [2.45, 2.75) is 20.8 Å². The van der Waals surface area contributed by atoms with E-state index in [0.29, 0.717) is 39.6 Å². The summed E-state index contributed by atoms with van der Waals surface area (Å²) in [5.74, 6) is -0.0258. The average Bonchev–Trinajstić information content (AvgIpc) is 2.98. The second-order valence-electron chi connectivity index (χ2n) is 6.16. The topological polar surface area (TPSA) is 94.7 Å². The number of carbonyl (C=O) groups excluding carboxylic acids is 3. The minimum atomic E-state index is -0.466. The maximum atomic E-state index is 12.5. The number of esters is 1. The van der Waals surface area contributed by atoms with E-state index in [4.69, 9.17) is 9.47 Å². The van der Waals surface area contributed by atoms with Gasteiger partial charge in [0.15, 0.2) is 23.9 Å². The zero-order chi connectivity index (χ0) is 20.8. The summed E-state index contributed by atoms with van der Waals surface area (Å²) in [6, 6.07) is 5.05. The molecule has 1 aromatic carbocycles. The highest BCUT2D eigenvalue weighted by molar-refractivity contribution is 6.03. The molecule has 7 nitrogen and oxygen atoms in total. The van der Waals surface area contributed by atoms with Gasteiger partial charge in [0.05, 0.1) is 19.9 Å². The summed E-state index contributed by atoms with van der Waals surface area (Å²) >= 11 is 0. The first-order chi connectivity index (χ1) is 13.3. The predicted octanol–water partition coefficient (Wildman–Crippen LogP) is 3.29. The number of hydrogen-bond donors (Lipinski definition) is 1. The molecular weight excluding hydrogens is 362 g/mol. The number of nitrogens with one attached hydrogen (secondary N) is 1. The molecule has 1 aromatic heterocycles.